The smallest absolute Gasteiger partial charge is 0.222 e. The zero-order chi connectivity index (χ0) is 17.0. The van der Waals surface area contributed by atoms with Gasteiger partial charge in [-0.1, -0.05) is 28.0 Å². The predicted molar refractivity (Wildman–Crippen MR) is 102 cm³/mol. The van der Waals surface area contributed by atoms with Crippen molar-refractivity contribution in [3.8, 4) is 0 Å². The normalized spacial score (nSPS) is 30.8. The number of unbranched alkanes of at least 4 members (excludes halogenated alkanes) is 1. The Kier molecular flexibility index (Phi) is 6.79. The van der Waals surface area contributed by atoms with E-state index < -0.39 is 9.84 Å². The van der Waals surface area contributed by atoms with Crippen molar-refractivity contribution in [1.29, 1.82) is 0 Å². The Morgan fingerprint density at radius 3 is 2.50 bits per heavy atom. The predicted octanol–water partition coefficient (Wildman–Crippen LogP) is 2.03. The number of hydrogen-bond donors (Lipinski definition) is 0. The van der Waals surface area contributed by atoms with E-state index in [0.717, 1.165) is 50.7 Å². The molecule has 3 aliphatic rings. The maximum absolute atomic E-state index is 12.3. The second kappa shape index (κ2) is 8.64. The molecule has 1 amide bonds. The summed E-state index contributed by atoms with van der Waals surface area (Å²) in [5.41, 5.74) is 0. The van der Waals surface area contributed by atoms with Crippen molar-refractivity contribution in [3.05, 3.63) is 0 Å². The summed E-state index contributed by atoms with van der Waals surface area (Å²) in [6.07, 6.45) is 6.15. The molecule has 3 fully saturated rings. The molecule has 138 valence electrons. The van der Waals surface area contributed by atoms with Crippen molar-refractivity contribution in [3.63, 3.8) is 0 Å². The lowest BCUT2D eigenvalue weighted by atomic mass is 10.1. The Bertz CT molecular complexity index is 527. The van der Waals surface area contributed by atoms with E-state index in [0.29, 0.717) is 17.9 Å². The molecule has 2 atom stereocenters. The van der Waals surface area contributed by atoms with Crippen LogP contribution in [-0.4, -0.2) is 78.9 Å². The van der Waals surface area contributed by atoms with E-state index >= 15 is 0 Å². The second-order valence-corrected chi connectivity index (χ2v) is 12.1. The fourth-order valence-corrected chi connectivity index (χ4v) is 8.56. The van der Waals surface area contributed by atoms with E-state index in [2.05, 4.69) is 4.90 Å². The van der Waals surface area contributed by atoms with Gasteiger partial charge in [-0.05, 0) is 25.7 Å². The van der Waals surface area contributed by atoms with E-state index in [1.165, 1.54) is 18.6 Å². The SMILES string of the molecule is O=C(CCCC[C@@H]1CCSS1)N1CCN([C@@H]2CCS(=O)(=O)C2)CC1. The first-order valence-corrected chi connectivity index (χ1v) is 13.2. The highest BCUT2D eigenvalue weighted by Crippen LogP contribution is 2.39. The molecule has 3 heterocycles. The van der Waals surface area contributed by atoms with Gasteiger partial charge in [-0.2, -0.15) is 0 Å². The van der Waals surface area contributed by atoms with Crippen molar-refractivity contribution in [1.82, 2.24) is 9.80 Å². The van der Waals surface area contributed by atoms with Gasteiger partial charge in [0.25, 0.3) is 0 Å². The summed E-state index contributed by atoms with van der Waals surface area (Å²) in [7, 11) is 1.17. The first-order chi connectivity index (χ1) is 11.5. The lowest BCUT2D eigenvalue weighted by molar-refractivity contribution is -0.133. The Labute approximate surface area is 153 Å². The zero-order valence-corrected chi connectivity index (χ0v) is 16.6. The third-order valence-electron chi connectivity index (χ3n) is 5.29. The molecule has 0 spiro atoms. The third kappa shape index (κ3) is 5.29. The van der Waals surface area contributed by atoms with Gasteiger partial charge < -0.3 is 4.90 Å². The molecule has 24 heavy (non-hydrogen) atoms. The molecule has 0 N–H and O–H groups in total. The molecule has 0 bridgehead atoms. The molecule has 0 unspecified atom stereocenters. The molecular formula is C16H28N2O3S3. The van der Waals surface area contributed by atoms with E-state index in [9.17, 15) is 13.2 Å². The van der Waals surface area contributed by atoms with Crippen LogP contribution in [0, 0.1) is 0 Å². The largest absolute Gasteiger partial charge is 0.340 e. The lowest BCUT2D eigenvalue weighted by Gasteiger charge is -2.37. The highest BCUT2D eigenvalue weighted by Gasteiger charge is 2.34. The third-order valence-corrected chi connectivity index (χ3v) is 10.0. The van der Waals surface area contributed by atoms with E-state index in [-0.39, 0.29) is 11.9 Å². The van der Waals surface area contributed by atoms with Crippen LogP contribution in [0.3, 0.4) is 0 Å². The van der Waals surface area contributed by atoms with Crippen LogP contribution in [0.25, 0.3) is 0 Å². The van der Waals surface area contributed by atoms with Gasteiger partial charge in [0.2, 0.25) is 5.91 Å². The van der Waals surface area contributed by atoms with Crippen LogP contribution in [0.1, 0.15) is 38.5 Å². The fraction of sp³-hybridized carbons (Fsp3) is 0.938. The van der Waals surface area contributed by atoms with Gasteiger partial charge in [-0.15, -0.1) is 0 Å². The minimum atomic E-state index is -2.82. The highest BCUT2D eigenvalue weighted by atomic mass is 33.1. The molecule has 0 radical (unpaired) electrons. The summed E-state index contributed by atoms with van der Waals surface area (Å²) in [6.45, 7) is 3.15. The monoisotopic (exact) mass is 392 g/mol. The number of rotatable bonds is 6. The van der Waals surface area contributed by atoms with Crippen molar-refractivity contribution >= 4 is 37.3 Å². The molecule has 3 saturated heterocycles. The molecule has 8 heteroatoms. The average molecular weight is 393 g/mol. The molecule has 5 nitrogen and oxygen atoms in total. The number of piperazine rings is 1. The number of carbonyl (C=O) groups excluding carboxylic acids is 1. The molecule has 0 aromatic heterocycles. The maximum Gasteiger partial charge on any atom is 0.222 e. The van der Waals surface area contributed by atoms with E-state index in [1.807, 2.05) is 26.5 Å². The van der Waals surface area contributed by atoms with Gasteiger partial charge in [-0.3, -0.25) is 9.69 Å². The second-order valence-electron chi connectivity index (χ2n) is 7.05. The molecular weight excluding hydrogens is 364 g/mol. The van der Waals surface area contributed by atoms with Crippen LogP contribution in [-0.2, 0) is 14.6 Å². The lowest BCUT2D eigenvalue weighted by Crippen LogP contribution is -2.52. The van der Waals surface area contributed by atoms with Gasteiger partial charge in [0.05, 0.1) is 11.5 Å². The van der Waals surface area contributed by atoms with Gasteiger partial charge in [-0.25, -0.2) is 8.42 Å². The minimum Gasteiger partial charge on any atom is -0.340 e. The molecule has 3 rings (SSSR count). The number of carbonyl (C=O) groups is 1. The van der Waals surface area contributed by atoms with Crippen LogP contribution >= 0.6 is 21.6 Å². The molecule has 0 saturated carbocycles. The van der Waals surface area contributed by atoms with Gasteiger partial charge in [0.1, 0.15) is 0 Å². The minimum absolute atomic E-state index is 0.175. The first-order valence-electron chi connectivity index (χ1n) is 9.04. The molecule has 3 aliphatic heterocycles. The summed E-state index contributed by atoms with van der Waals surface area (Å²) >= 11 is 0. The van der Waals surface area contributed by atoms with Crippen LogP contribution < -0.4 is 0 Å². The summed E-state index contributed by atoms with van der Waals surface area (Å²) in [5, 5.41) is 0.802. The van der Waals surface area contributed by atoms with Crippen LogP contribution in [0.4, 0.5) is 0 Å². The number of amides is 1. The van der Waals surface area contributed by atoms with Crippen molar-refractivity contribution in [2.75, 3.05) is 43.4 Å². The topological polar surface area (TPSA) is 57.7 Å². The van der Waals surface area contributed by atoms with E-state index in [1.54, 1.807) is 0 Å². The van der Waals surface area contributed by atoms with E-state index in [4.69, 9.17) is 0 Å². The average Bonchev–Trinajstić information content (AvgIpc) is 3.21. The van der Waals surface area contributed by atoms with Crippen LogP contribution in [0.2, 0.25) is 0 Å². The Morgan fingerprint density at radius 2 is 1.88 bits per heavy atom. The molecule has 0 aromatic carbocycles. The summed E-state index contributed by atoms with van der Waals surface area (Å²) in [6, 6.07) is 0.175. The van der Waals surface area contributed by atoms with Crippen LogP contribution in [0.15, 0.2) is 0 Å². The van der Waals surface area contributed by atoms with Crippen molar-refractivity contribution < 1.29 is 13.2 Å². The van der Waals surface area contributed by atoms with Crippen LogP contribution in [0.5, 0.6) is 0 Å². The summed E-state index contributed by atoms with van der Waals surface area (Å²) in [5.74, 6) is 2.19. The molecule has 0 aliphatic carbocycles. The standard InChI is InChI=1S/C16H28N2O3S3/c19-16(4-2-1-3-15-5-11-22-23-15)18-9-7-17(8-10-18)14-6-12-24(20,21)13-14/h14-15H,1-13H2/t14-,15-/m1/s1. The van der Waals surface area contributed by atoms with Gasteiger partial charge in [0, 0.05) is 49.6 Å². The zero-order valence-electron chi connectivity index (χ0n) is 14.2. The molecule has 0 aromatic rings. The van der Waals surface area contributed by atoms with Crippen molar-refractivity contribution in [2.45, 2.75) is 49.8 Å². The Morgan fingerprint density at radius 1 is 1.08 bits per heavy atom. The number of sulfone groups is 1. The summed E-state index contributed by atoms with van der Waals surface area (Å²) in [4.78, 5) is 16.6. The van der Waals surface area contributed by atoms with Gasteiger partial charge in [0.15, 0.2) is 9.84 Å². The summed E-state index contributed by atoms with van der Waals surface area (Å²) < 4.78 is 23.2. The first kappa shape index (κ1) is 18.9. The van der Waals surface area contributed by atoms with Crippen molar-refractivity contribution in [2.24, 2.45) is 0 Å². The fourth-order valence-electron chi connectivity index (χ4n) is 3.77. The number of hydrogen-bond acceptors (Lipinski definition) is 6. The highest BCUT2D eigenvalue weighted by molar-refractivity contribution is 8.77. The Balaban J connectivity index is 1.31. The maximum atomic E-state index is 12.3. The Hall–Kier alpha value is 0.0800. The quantitative estimate of drug-likeness (QED) is 0.509. The van der Waals surface area contributed by atoms with Gasteiger partial charge >= 0.3 is 0 Å². The number of nitrogens with zero attached hydrogens (tertiary/aromatic N) is 2.